The molecule has 0 radical (unpaired) electrons. The van der Waals surface area contributed by atoms with Crippen LogP contribution in [0.3, 0.4) is 0 Å². The van der Waals surface area contributed by atoms with Gasteiger partial charge >= 0.3 is 0 Å². The maximum Gasteiger partial charge on any atom is 0.120 e. The summed E-state index contributed by atoms with van der Waals surface area (Å²) in [6.07, 6.45) is 2.34. The molecule has 0 bridgehead atoms. The van der Waals surface area contributed by atoms with Crippen LogP contribution in [0.4, 0.5) is 5.69 Å². The zero-order valence-corrected chi connectivity index (χ0v) is 11.7. The lowest BCUT2D eigenvalue weighted by atomic mass is 9.90. The first-order valence-electron chi connectivity index (χ1n) is 6.87. The molecule has 0 unspecified atom stereocenters. The van der Waals surface area contributed by atoms with E-state index in [1.807, 2.05) is 6.07 Å². The number of hydrogen-bond donors (Lipinski definition) is 1. The van der Waals surface area contributed by atoms with Crippen molar-refractivity contribution in [2.24, 2.45) is 0 Å². The smallest absolute Gasteiger partial charge is 0.120 e. The minimum absolute atomic E-state index is 0.265. The van der Waals surface area contributed by atoms with Gasteiger partial charge in [-0.2, -0.15) is 0 Å². The third-order valence-electron chi connectivity index (χ3n) is 4.15. The van der Waals surface area contributed by atoms with Crippen LogP contribution in [0.5, 0.6) is 5.75 Å². The average Bonchev–Trinajstić information content (AvgIpc) is 2.47. The van der Waals surface area contributed by atoms with Gasteiger partial charge in [0.2, 0.25) is 0 Å². The van der Waals surface area contributed by atoms with Crippen molar-refractivity contribution in [2.75, 3.05) is 31.6 Å². The standard InChI is InChI=1S/C15H24N2O/c1-4-15(5-2)12-17(10-9-16-15)13-7-6-8-14(11-13)18-3/h6-8,11,16H,4-5,9-10,12H2,1-3H3. The van der Waals surface area contributed by atoms with Crippen molar-refractivity contribution in [1.82, 2.24) is 5.32 Å². The summed E-state index contributed by atoms with van der Waals surface area (Å²) < 4.78 is 5.31. The van der Waals surface area contributed by atoms with Crippen LogP contribution in [-0.2, 0) is 0 Å². The summed E-state index contributed by atoms with van der Waals surface area (Å²) in [6.45, 7) is 7.73. The number of benzene rings is 1. The Morgan fingerprint density at radius 1 is 1.33 bits per heavy atom. The van der Waals surface area contributed by atoms with Crippen LogP contribution in [-0.4, -0.2) is 32.3 Å². The number of nitrogens with zero attached hydrogens (tertiary/aromatic N) is 1. The van der Waals surface area contributed by atoms with Crippen molar-refractivity contribution in [3.63, 3.8) is 0 Å². The van der Waals surface area contributed by atoms with Crippen LogP contribution in [0.2, 0.25) is 0 Å². The van der Waals surface area contributed by atoms with Crippen LogP contribution in [0.15, 0.2) is 24.3 Å². The zero-order chi connectivity index (χ0) is 13.0. The summed E-state index contributed by atoms with van der Waals surface area (Å²) in [7, 11) is 1.72. The SMILES string of the molecule is CCC1(CC)CN(c2cccc(OC)c2)CCN1. The fourth-order valence-electron chi connectivity index (χ4n) is 2.71. The van der Waals surface area contributed by atoms with E-state index >= 15 is 0 Å². The monoisotopic (exact) mass is 248 g/mol. The topological polar surface area (TPSA) is 24.5 Å². The summed E-state index contributed by atoms with van der Waals surface area (Å²) in [5.74, 6) is 0.935. The highest BCUT2D eigenvalue weighted by molar-refractivity contribution is 5.51. The Labute approximate surface area is 110 Å². The lowest BCUT2D eigenvalue weighted by Crippen LogP contribution is -2.60. The number of rotatable bonds is 4. The molecule has 1 saturated heterocycles. The van der Waals surface area contributed by atoms with Crippen LogP contribution in [0.1, 0.15) is 26.7 Å². The lowest BCUT2D eigenvalue weighted by molar-refractivity contribution is 0.277. The fourth-order valence-corrected chi connectivity index (χ4v) is 2.71. The van der Waals surface area contributed by atoms with Crippen molar-refractivity contribution < 1.29 is 4.74 Å². The van der Waals surface area contributed by atoms with Crippen molar-refractivity contribution in [2.45, 2.75) is 32.2 Å². The predicted octanol–water partition coefficient (Wildman–Crippen LogP) is 2.66. The fraction of sp³-hybridized carbons (Fsp3) is 0.600. The average molecular weight is 248 g/mol. The van der Waals surface area contributed by atoms with Gasteiger partial charge in [-0.05, 0) is 25.0 Å². The number of methoxy groups -OCH3 is 1. The number of nitrogens with one attached hydrogen (secondary N) is 1. The molecule has 1 aromatic rings. The van der Waals surface area contributed by atoms with Gasteiger partial charge in [0, 0.05) is 36.9 Å². The quantitative estimate of drug-likeness (QED) is 0.886. The van der Waals surface area contributed by atoms with E-state index in [0.29, 0.717) is 0 Å². The molecular formula is C15H24N2O. The van der Waals surface area contributed by atoms with Gasteiger partial charge in [-0.15, -0.1) is 0 Å². The summed E-state index contributed by atoms with van der Waals surface area (Å²) >= 11 is 0. The minimum atomic E-state index is 0.265. The van der Waals surface area contributed by atoms with E-state index in [9.17, 15) is 0 Å². The molecule has 0 aliphatic carbocycles. The Bertz CT molecular complexity index is 388. The molecule has 0 amide bonds. The molecular weight excluding hydrogens is 224 g/mol. The van der Waals surface area contributed by atoms with E-state index in [-0.39, 0.29) is 5.54 Å². The molecule has 18 heavy (non-hydrogen) atoms. The number of ether oxygens (including phenoxy) is 1. The molecule has 1 aliphatic rings. The molecule has 0 saturated carbocycles. The van der Waals surface area contributed by atoms with Crippen LogP contribution in [0, 0.1) is 0 Å². The molecule has 100 valence electrons. The minimum Gasteiger partial charge on any atom is -0.497 e. The van der Waals surface area contributed by atoms with E-state index in [2.05, 4.69) is 42.3 Å². The Morgan fingerprint density at radius 3 is 2.78 bits per heavy atom. The van der Waals surface area contributed by atoms with Gasteiger partial charge in [0.15, 0.2) is 0 Å². The predicted molar refractivity (Wildman–Crippen MR) is 76.5 cm³/mol. The summed E-state index contributed by atoms with van der Waals surface area (Å²) in [5.41, 5.74) is 1.53. The van der Waals surface area contributed by atoms with Crippen LogP contribution >= 0.6 is 0 Å². The van der Waals surface area contributed by atoms with Gasteiger partial charge in [0.05, 0.1) is 7.11 Å². The van der Waals surface area contributed by atoms with E-state index in [0.717, 1.165) is 25.4 Å². The van der Waals surface area contributed by atoms with Crippen molar-refractivity contribution in [1.29, 1.82) is 0 Å². The number of piperazine rings is 1. The van der Waals surface area contributed by atoms with Gasteiger partial charge in [-0.25, -0.2) is 0 Å². The van der Waals surface area contributed by atoms with E-state index in [1.165, 1.54) is 18.5 Å². The molecule has 1 fully saturated rings. The van der Waals surface area contributed by atoms with Crippen molar-refractivity contribution >= 4 is 5.69 Å². The summed E-state index contributed by atoms with van der Waals surface area (Å²) in [5, 5.41) is 3.69. The first kappa shape index (κ1) is 13.2. The highest BCUT2D eigenvalue weighted by Gasteiger charge is 2.31. The van der Waals surface area contributed by atoms with Gasteiger partial charge in [-0.1, -0.05) is 19.9 Å². The Hall–Kier alpha value is -1.22. The largest absolute Gasteiger partial charge is 0.497 e. The molecule has 3 nitrogen and oxygen atoms in total. The van der Waals surface area contributed by atoms with Gasteiger partial charge in [-0.3, -0.25) is 0 Å². The highest BCUT2D eigenvalue weighted by Crippen LogP contribution is 2.26. The normalized spacial score (nSPS) is 18.7. The molecule has 1 aromatic carbocycles. The Balaban J connectivity index is 2.17. The first-order chi connectivity index (χ1) is 8.73. The second-order valence-corrected chi connectivity index (χ2v) is 5.04. The van der Waals surface area contributed by atoms with Crippen LogP contribution in [0.25, 0.3) is 0 Å². The lowest BCUT2D eigenvalue weighted by Gasteiger charge is -2.44. The number of anilines is 1. The molecule has 0 aromatic heterocycles. The second kappa shape index (κ2) is 5.61. The van der Waals surface area contributed by atoms with Gasteiger partial charge in [0.25, 0.3) is 0 Å². The van der Waals surface area contributed by atoms with Crippen molar-refractivity contribution in [3.8, 4) is 5.75 Å². The molecule has 0 atom stereocenters. The van der Waals surface area contributed by atoms with E-state index < -0.39 is 0 Å². The van der Waals surface area contributed by atoms with Crippen LogP contribution < -0.4 is 15.0 Å². The molecule has 0 spiro atoms. The number of hydrogen-bond acceptors (Lipinski definition) is 3. The highest BCUT2D eigenvalue weighted by atomic mass is 16.5. The Kier molecular flexibility index (Phi) is 4.12. The second-order valence-electron chi connectivity index (χ2n) is 5.04. The first-order valence-corrected chi connectivity index (χ1v) is 6.87. The molecule has 3 heteroatoms. The summed E-state index contributed by atoms with van der Waals surface area (Å²) in [6, 6.07) is 8.36. The maximum atomic E-state index is 5.31. The molecule has 1 aliphatic heterocycles. The zero-order valence-electron chi connectivity index (χ0n) is 11.7. The van der Waals surface area contributed by atoms with E-state index in [1.54, 1.807) is 7.11 Å². The molecule has 1 N–H and O–H groups in total. The van der Waals surface area contributed by atoms with Gasteiger partial charge < -0.3 is 15.0 Å². The van der Waals surface area contributed by atoms with E-state index in [4.69, 9.17) is 4.74 Å². The molecule has 1 heterocycles. The Morgan fingerprint density at radius 2 is 2.11 bits per heavy atom. The van der Waals surface area contributed by atoms with Crippen molar-refractivity contribution in [3.05, 3.63) is 24.3 Å². The maximum absolute atomic E-state index is 5.31. The third kappa shape index (κ3) is 2.61. The summed E-state index contributed by atoms with van der Waals surface area (Å²) in [4.78, 5) is 2.46. The molecule has 2 rings (SSSR count). The third-order valence-corrected chi connectivity index (χ3v) is 4.15. The van der Waals surface area contributed by atoms with Gasteiger partial charge in [0.1, 0.15) is 5.75 Å².